The monoisotopic (exact) mass is 553 g/mol. The summed E-state index contributed by atoms with van der Waals surface area (Å²) in [5, 5.41) is 2.79. The Hall–Kier alpha value is -4.05. The predicted octanol–water partition coefficient (Wildman–Crippen LogP) is 3.84. The van der Waals surface area contributed by atoms with E-state index in [1.807, 2.05) is 13.0 Å². The lowest BCUT2D eigenvalue weighted by Gasteiger charge is -2.33. The van der Waals surface area contributed by atoms with Gasteiger partial charge in [0.05, 0.1) is 24.8 Å². The summed E-state index contributed by atoms with van der Waals surface area (Å²) in [6.07, 6.45) is 0.345. The number of carbonyl (C=O) groups excluding carboxylic acids is 2. The molecule has 3 aromatic rings. The van der Waals surface area contributed by atoms with Crippen molar-refractivity contribution in [3.05, 3.63) is 84.4 Å². The summed E-state index contributed by atoms with van der Waals surface area (Å²) in [4.78, 5) is 28.4. The molecule has 3 rings (SSSR count). The maximum absolute atomic E-state index is 14.0. The normalized spacial score (nSPS) is 11.8. The number of nitrogens with one attached hydrogen (secondary N) is 1. The molecule has 0 radical (unpaired) electrons. The van der Waals surface area contributed by atoms with Gasteiger partial charge in [0, 0.05) is 13.1 Å². The maximum Gasteiger partial charge on any atom is 0.264 e. The molecule has 9 nitrogen and oxygen atoms in total. The van der Waals surface area contributed by atoms with Gasteiger partial charge in [-0.15, -0.1) is 0 Å². The lowest BCUT2D eigenvalue weighted by molar-refractivity contribution is -0.140. The minimum atomic E-state index is -4.14. The first kappa shape index (κ1) is 29.5. The van der Waals surface area contributed by atoms with E-state index < -0.39 is 28.5 Å². The highest BCUT2D eigenvalue weighted by Crippen LogP contribution is 2.26. The molecule has 208 valence electrons. The Kier molecular flexibility index (Phi) is 10.3. The van der Waals surface area contributed by atoms with Crippen LogP contribution < -0.4 is 19.1 Å². The number of methoxy groups -OCH3 is 2. The highest BCUT2D eigenvalue weighted by molar-refractivity contribution is 7.92. The molecule has 0 unspecified atom stereocenters. The van der Waals surface area contributed by atoms with Crippen LogP contribution in [0.25, 0.3) is 0 Å². The number of likely N-dealkylation sites (N-methyl/N-ethyl adjacent to an activating group) is 1. The number of hydrogen-bond donors (Lipinski definition) is 1. The number of nitrogens with zero attached hydrogens (tertiary/aromatic N) is 2. The number of sulfonamides is 1. The lowest BCUT2D eigenvalue weighted by atomic mass is 10.1. The molecule has 0 saturated carbocycles. The van der Waals surface area contributed by atoms with Crippen LogP contribution in [-0.4, -0.2) is 58.5 Å². The molecule has 39 heavy (non-hydrogen) atoms. The van der Waals surface area contributed by atoms with Crippen LogP contribution in [0.1, 0.15) is 25.8 Å². The largest absolute Gasteiger partial charge is 0.497 e. The molecule has 0 aliphatic heterocycles. The molecular formula is C29H35N3O6S. The van der Waals surface area contributed by atoms with Crippen molar-refractivity contribution >= 4 is 27.5 Å². The zero-order valence-electron chi connectivity index (χ0n) is 22.7. The number of ether oxygens (including phenoxy) is 2. The molecule has 0 saturated heterocycles. The fraction of sp³-hybridized carbons (Fsp3) is 0.310. The van der Waals surface area contributed by atoms with Crippen LogP contribution in [0.3, 0.4) is 0 Å². The number of amides is 2. The van der Waals surface area contributed by atoms with Crippen molar-refractivity contribution in [3.63, 3.8) is 0 Å². The second kappa shape index (κ2) is 13.7. The molecule has 1 atom stereocenters. The molecule has 10 heteroatoms. The van der Waals surface area contributed by atoms with E-state index in [0.717, 1.165) is 9.87 Å². The maximum atomic E-state index is 14.0. The molecule has 0 aromatic heterocycles. The third kappa shape index (κ3) is 7.29. The molecule has 0 aliphatic carbocycles. The zero-order valence-corrected chi connectivity index (χ0v) is 23.5. The van der Waals surface area contributed by atoms with Crippen LogP contribution in [0.2, 0.25) is 0 Å². The smallest absolute Gasteiger partial charge is 0.264 e. The topological polar surface area (TPSA) is 105 Å². The fourth-order valence-corrected chi connectivity index (χ4v) is 5.59. The molecule has 0 aliphatic rings. The van der Waals surface area contributed by atoms with E-state index in [1.165, 1.54) is 24.1 Å². The van der Waals surface area contributed by atoms with Crippen molar-refractivity contribution in [2.24, 2.45) is 0 Å². The first-order chi connectivity index (χ1) is 18.7. The van der Waals surface area contributed by atoms with Gasteiger partial charge in [-0.2, -0.15) is 0 Å². The number of rotatable bonds is 13. The van der Waals surface area contributed by atoms with Crippen molar-refractivity contribution in [1.82, 2.24) is 10.2 Å². The van der Waals surface area contributed by atoms with Crippen molar-refractivity contribution in [3.8, 4) is 11.5 Å². The van der Waals surface area contributed by atoms with Gasteiger partial charge in [-0.25, -0.2) is 8.42 Å². The first-order valence-electron chi connectivity index (χ1n) is 12.7. The van der Waals surface area contributed by atoms with Crippen LogP contribution in [0.4, 0.5) is 5.69 Å². The summed E-state index contributed by atoms with van der Waals surface area (Å²) in [5.41, 5.74) is 1.07. The van der Waals surface area contributed by atoms with Crippen LogP contribution >= 0.6 is 0 Å². The third-order valence-electron chi connectivity index (χ3n) is 6.19. The zero-order chi connectivity index (χ0) is 28.4. The molecule has 0 heterocycles. The average Bonchev–Trinajstić information content (AvgIpc) is 2.96. The van der Waals surface area contributed by atoms with Crippen molar-refractivity contribution in [1.29, 1.82) is 0 Å². The number of benzene rings is 3. The summed E-state index contributed by atoms with van der Waals surface area (Å²) in [5.74, 6) is 0.296. The van der Waals surface area contributed by atoms with Gasteiger partial charge < -0.3 is 19.7 Å². The SMILES string of the molecule is CCNC(=O)[C@@H](CC)N(Cc1cccc(OC)c1)C(=O)CN(c1ccccc1)S(=O)(=O)c1ccc(OC)cc1. The van der Waals surface area contributed by atoms with E-state index in [4.69, 9.17) is 9.47 Å². The molecule has 0 spiro atoms. The van der Waals surface area contributed by atoms with Gasteiger partial charge in [-0.05, 0) is 67.4 Å². The predicted molar refractivity (Wildman–Crippen MR) is 150 cm³/mol. The van der Waals surface area contributed by atoms with Crippen LogP contribution in [0, 0.1) is 0 Å². The summed E-state index contributed by atoms with van der Waals surface area (Å²) >= 11 is 0. The molecule has 0 fully saturated rings. The number of hydrogen-bond acceptors (Lipinski definition) is 6. The minimum Gasteiger partial charge on any atom is -0.497 e. The molecule has 0 bridgehead atoms. The van der Waals surface area contributed by atoms with E-state index in [2.05, 4.69) is 5.32 Å². The standard InChI is InChI=1S/C29H35N3O6S/c1-5-27(29(34)30-6-2)31(20-22-11-10-14-25(19-22)38-4)28(33)21-32(23-12-8-7-9-13-23)39(35,36)26-17-15-24(37-3)16-18-26/h7-19,27H,5-6,20-21H2,1-4H3,(H,30,34)/t27-/m1/s1. The van der Waals surface area contributed by atoms with Gasteiger partial charge in [0.1, 0.15) is 24.1 Å². The quantitative estimate of drug-likeness (QED) is 0.345. The van der Waals surface area contributed by atoms with E-state index in [0.29, 0.717) is 30.2 Å². The van der Waals surface area contributed by atoms with E-state index >= 15 is 0 Å². The Balaban J connectivity index is 2.03. The Morgan fingerprint density at radius 1 is 0.872 bits per heavy atom. The van der Waals surface area contributed by atoms with Crippen LogP contribution in [-0.2, 0) is 26.2 Å². The van der Waals surface area contributed by atoms with Gasteiger partial charge in [0.25, 0.3) is 10.0 Å². The highest BCUT2D eigenvalue weighted by atomic mass is 32.2. The Labute approximate surface area is 230 Å². The molecule has 2 amide bonds. The van der Waals surface area contributed by atoms with Gasteiger partial charge in [0.2, 0.25) is 11.8 Å². The number of anilines is 1. The van der Waals surface area contributed by atoms with Crippen LogP contribution in [0.5, 0.6) is 11.5 Å². The number of carbonyl (C=O) groups is 2. The average molecular weight is 554 g/mol. The Morgan fingerprint density at radius 2 is 1.54 bits per heavy atom. The Morgan fingerprint density at radius 3 is 2.13 bits per heavy atom. The third-order valence-corrected chi connectivity index (χ3v) is 7.98. The highest BCUT2D eigenvalue weighted by Gasteiger charge is 2.33. The molecule has 3 aromatic carbocycles. The van der Waals surface area contributed by atoms with Gasteiger partial charge in [-0.1, -0.05) is 37.3 Å². The summed E-state index contributed by atoms with van der Waals surface area (Å²) < 4.78 is 39.2. The Bertz CT molecular complexity index is 1350. The molecular weight excluding hydrogens is 518 g/mol. The van der Waals surface area contributed by atoms with Gasteiger partial charge in [0.15, 0.2) is 0 Å². The lowest BCUT2D eigenvalue weighted by Crippen LogP contribution is -2.52. The van der Waals surface area contributed by atoms with Gasteiger partial charge >= 0.3 is 0 Å². The first-order valence-corrected chi connectivity index (χ1v) is 14.1. The van der Waals surface area contributed by atoms with E-state index in [-0.39, 0.29) is 17.3 Å². The van der Waals surface area contributed by atoms with Crippen molar-refractivity contribution in [2.45, 2.75) is 37.8 Å². The van der Waals surface area contributed by atoms with E-state index in [1.54, 1.807) is 74.7 Å². The second-order valence-corrected chi connectivity index (χ2v) is 10.6. The van der Waals surface area contributed by atoms with E-state index in [9.17, 15) is 18.0 Å². The second-order valence-electron chi connectivity index (χ2n) is 8.71. The summed E-state index contributed by atoms with van der Waals surface area (Å²) in [7, 11) is -1.10. The van der Waals surface area contributed by atoms with Crippen molar-refractivity contribution < 1.29 is 27.5 Å². The molecule has 1 N–H and O–H groups in total. The number of para-hydroxylation sites is 1. The summed E-state index contributed by atoms with van der Waals surface area (Å²) in [6.45, 7) is 3.61. The minimum absolute atomic E-state index is 0.00932. The fourth-order valence-electron chi connectivity index (χ4n) is 4.18. The van der Waals surface area contributed by atoms with Crippen molar-refractivity contribution in [2.75, 3.05) is 31.6 Å². The van der Waals surface area contributed by atoms with Crippen LogP contribution in [0.15, 0.2) is 83.8 Å². The van der Waals surface area contributed by atoms with Gasteiger partial charge in [-0.3, -0.25) is 13.9 Å². The summed E-state index contributed by atoms with van der Waals surface area (Å²) in [6, 6.07) is 20.8.